The highest BCUT2D eigenvalue weighted by molar-refractivity contribution is 5.82. The number of amides is 1. The Bertz CT molecular complexity index is 438. The third-order valence-electron chi connectivity index (χ3n) is 3.19. The molecule has 0 saturated carbocycles. The Morgan fingerprint density at radius 1 is 1.68 bits per heavy atom. The van der Waals surface area contributed by atoms with Crippen molar-refractivity contribution in [3.05, 3.63) is 23.9 Å². The lowest BCUT2D eigenvalue weighted by atomic mass is 10.1. The SMILES string of the molecule is CCNC(=O)C1COCCN1Cc1cccnc1N. The third kappa shape index (κ3) is 3.42. The van der Waals surface area contributed by atoms with Crippen LogP contribution in [0.1, 0.15) is 12.5 Å². The average Bonchev–Trinajstić information content (AvgIpc) is 2.42. The van der Waals surface area contributed by atoms with Gasteiger partial charge in [-0.25, -0.2) is 4.98 Å². The summed E-state index contributed by atoms with van der Waals surface area (Å²) in [5.41, 5.74) is 6.79. The molecular weight excluding hydrogens is 244 g/mol. The fourth-order valence-electron chi connectivity index (χ4n) is 2.16. The molecule has 6 heteroatoms. The van der Waals surface area contributed by atoms with E-state index in [1.165, 1.54) is 0 Å². The highest BCUT2D eigenvalue weighted by Gasteiger charge is 2.29. The molecule has 3 N–H and O–H groups in total. The molecule has 1 saturated heterocycles. The van der Waals surface area contributed by atoms with Crippen LogP contribution in [0.5, 0.6) is 0 Å². The number of aromatic nitrogens is 1. The third-order valence-corrected chi connectivity index (χ3v) is 3.19. The van der Waals surface area contributed by atoms with Crippen LogP contribution < -0.4 is 11.1 Å². The molecule has 0 aromatic carbocycles. The number of nitrogens with one attached hydrogen (secondary N) is 1. The van der Waals surface area contributed by atoms with Gasteiger partial charge in [-0.3, -0.25) is 9.69 Å². The van der Waals surface area contributed by atoms with Crippen molar-refractivity contribution < 1.29 is 9.53 Å². The molecule has 0 aliphatic carbocycles. The van der Waals surface area contributed by atoms with Gasteiger partial charge in [-0.1, -0.05) is 6.07 Å². The molecule has 19 heavy (non-hydrogen) atoms. The fourth-order valence-corrected chi connectivity index (χ4v) is 2.16. The van der Waals surface area contributed by atoms with Crippen LogP contribution in [0.2, 0.25) is 0 Å². The number of nitrogens with two attached hydrogens (primary N) is 1. The number of morpholine rings is 1. The lowest BCUT2D eigenvalue weighted by Crippen LogP contribution is -2.53. The van der Waals surface area contributed by atoms with Gasteiger partial charge in [-0.2, -0.15) is 0 Å². The number of rotatable bonds is 4. The van der Waals surface area contributed by atoms with Gasteiger partial charge in [-0.15, -0.1) is 0 Å². The minimum absolute atomic E-state index is 0.00432. The number of likely N-dealkylation sites (N-methyl/N-ethyl adjacent to an activating group) is 1. The van der Waals surface area contributed by atoms with Gasteiger partial charge in [0.05, 0.1) is 13.2 Å². The Labute approximate surface area is 112 Å². The molecule has 0 bridgehead atoms. The van der Waals surface area contributed by atoms with E-state index < -0.39 is 0 Å². The van der Waals surface area contributed by atoms with Crippen LogP contribution in [0, 0.1) is 0 Å². The number of hydrogen-bond acceptors (Lipinski definition) is 5. The molecule has 2 heterocycles. The molecule has 1 aromatic heterocycles. The molecule has 1 aliphatic heterocycles. The van der Waals surface area contributed by atoms with Crippen molar-refractivity contribution in [3.8, 4) is 0 Å². The van der Waals surface area contributed by atoms with Gasteiger partial charge in [0, 0.05) is 31.4 Å². The summed E-state index contributed by atoms with van der Waals surface area (Å²) in [4.78, 5) is 18.2. The Hall–Kier alpha value is -1.66. The van der Waals surface area contributed by atoms with Crippen LogP contribution in [0.3, 0.4) is 0 Å². The van der Waals surface area contributed by atoms with E-state index in [-0.39, 0.29) is 11.9 Å². The Kier molecular flexibility index (Phi) is 4.70. The maximum Gasteiger partial charge on any atom is 0.239 e. The van der Waals surface area contributed by atoms with E-state index in [0.717, 1.165) is 12.1 Å². The summed E-state index contributed by atoms with van der Waals surface area (Å²) >= 11 is 0. The first kappa shape index (κ1) is 13.8. The summed E-state index contributed by atoms with van der Waals surface area (Å²) in [6.07, 6.45) is 1.67. The second-order valence-corrected chi connectivity index (χ2v) is 4.50. The highest BCUT2D eigenvalue weighted by atomic mass is 16.5. The van der Waals surface area contributed by atoms with Gasteiger partial charge in [0.1, 0.15) is 11.9 Å². The van der Waals surface area contributed by atoms with Crippen LogP contribution in [0.25, 0.3) is 0 Å². The summed E-state index contributed by atoms with van der Waals surface area (Å²) in [5, 5.41) is 2.84. The molecule has 1 fully saturated rings. The zero-order valence-corrected chi connectivity index (χ0v) is 11.1. The standard InChI is InChI=1S/C13H20N4O2/c1-2-15-13(18)11-9-19-7-6-17(11)8-10-4-3-5-16-12(10)14/h3-5,11H,2,6-9H2,1H3,(H2,14,16)(H,15,18). The first-order valence-corrected chi connectivity index (χ1v) is 6.51. The fraction of sp³-hybridized carbons (Fsp3) is 0.538. The molecule has 0 radical (unpaired) electrons. The summed E-state index contributed by atoms with van der Waals surface area (Å²) in [7, 11) is 0. The Morgan fingerprint density at radius 2 is 2.53 bits per heavy atom. The second kappa shape index (κ2) is 6.49. The number of anilines is 1. The lowest BCUT2D eigenvalue weighted by Gasteiger charge is -2.34. The van der Waals surface area contributed by atoms with Crippen molar-refractivity contribution in [2.75, 3.05) is 32.0 Å². The highest BCUT2D eigenvalue weighted by Crippen LogP contribution is 2.15. The van der Waals surface area contributed by atoms with Crippen molar-refractivity contribution >= 4 is 11.7 Å². The van der Waals surface area contributed by atoms with Crippen LogP contribution in [0.15, 0.2) is 18.3 Å². The largest absolute Gasteiger partial charge is 0.383 e. The summed E-state index contributed by atoms with van der Waals surface area (Å²) in [6.45, 7) is 4.92. The Balaban J connectivity index is 2.07. The van der Waals surface area contributed by atoms with Gasteiger partial charge in [0.25, 0.3) is 0 Å². The number of carbonyl (C=O) groups excluding carboxylic acids is 1. The van der Waals surface area contributed by atoms with Gasteiger partial charge >= 0.3 is 0 Å². The van der Waals surface area contributed by atoms with Crippen molar-refractivity contribution in [2.24, 2.45) is 0 Å². The molecule has 6 nitrogen and oxygen atoms in total. The van der Waals surface area contributed by atoms with Crippen LogP contribution in [0.4, 0.5) is 5.82 Å². The van der Waals surface area contributed by atoms with Crippen LogP contribution in [-0.4, -0.2) is 48.1 Å². The number of pyridine rings is 1. The molecule has 0 spiro atoms. The van der Waals surface area contributed by atoms with Crippen LogP contribution >= 0.6 is 0 Å². The summed E-state index contributed by atoms with van der Waals surface area (Å²) < 4.78 is 5.40. The minimum atomic E-state index is -0.256. The number of hydrogen-bond donors (Lipinski definition) is 2. The first-order chi connectivity index (χ1) is 9.22. The first-order valence-electron chi connectivity index (χ1n) is 6.51. The van der Waals surface area contributed by atoms with Crippen LogP contribution in [-0.2, 0) is 16.1 Å². The van der Waals surface area contributed by atoms with E-state index in [4.69, 9.17) is 10.5 Å². The lowest BCUT2D eigenvalue weighted by molar-refractivity contribution is -0.132. The van der Waals surface area contributed by atoms with Gasteiger partial charge in [0.2, 0.25) is 5.91 Å². The molecule has 1 atom stereocenters. The minimum Gasteiger partial charge on any atom is -0.383 e. The number of nitrogens with zero attached hydrogens (tertiary/aromatic N) is 2. The molecule has 104 valence electrons. The number of nitrogen functional groups attached to an aromatic ring is 1. The van der Waals surface area contributed by atoms with E-state index in [1.54, 1.807) is 6.20 Å². The average molecular weight is 264 g/mol. The van der Waals surface area contributed by atoms with Gasteiger partial charge in [0.15, 0.2) is 0 Å². The van der Waals surface area contributed by atoms with E-state index in [9.17, 15) is 4.79 Å². The zero-order valence-electron chi connectivity index (χ0n) is 11.1. The predicted octanol–water partition coefficient (Wildman–Crippen LogP) is 0.000700. The number of carbonyl (C=O) groups is 1. The second-order valence-electron chi connectivity index (χ2n) is 4.50. The Morgan fingerprint density at radius 3 is 3.26 bits per heavy atom. The van der Waals surface area contributed by atoms with Crippen molar-refractivity contribution in [3.63, 3.8) is 0 Å². The van der Waals surface area contributed by atoms with E-state index >= 15 is 0 Å². The maximum absolute atomic E-state index is 12.0. The smallest absolute Gasteiger partial charge is 0.239 e. The van der Waals surface area contributed by atoms with Gasteiger partial charge in [-0.05, 0) is 13.0 Å². The van der Waals surface area contributed by atoms with E-state index in [0.29, 0.717) is 32.1 Å². The monoisotopic (exact) mass is 264 g/mol. The van der Waals surface area contributed by atoms with E-state index in [2.05, 4.69) is 15.2 Å². The molecular formula is C13H20N4O2. The maximum atomic E-state index is 12.0. The van der Waals surface area contributed by atoms with Crippen molar-refractivity contribution in [1.29, 1.82) is 0 Å². The van der Waals surface area contributed by atoms with Crippen molar-refractivity contribution in [1.82, 2.24) is 15.2 Å². The topological polar surface area (TPSA) is 80.5 Å². The van der Waals surface area contributed by atoms with Crippen molar-refractivity contribution in [2.45, 2.75) is 19.5 Å². The van der Waals surface area contributed by atoms with Gasteiger partial charge < -0.3 is 15.8 Å². The van der Waals surface area contributed by atoms with E-state index in [1.807, 2.05) is 19.1 Å². The normalized spacial score (nSPS) is 20.2. The predicted molar refractivity (Wildman–Crippen MR) is 72.4 cm³/mol. The summed E-state index contributed by atoms with van der Waals surface area (Å²) in [6, 6.07) is 3.54. The molecule has 1 unspecified atom stereocenters. The summed E-state index contributed by atoms with van der Waals surface area (Å²) in [5.74, 6) is 0.522. The molecule has 1 aromatic rings. The quantitative estimate of drug-likeness (QED) is 0.800. The molecule has 1 aliphatic rings. The molecule has 2 rings (SSSR count). The zero-order chi connectivity index (χ0) is 13.7. The number of ether oxygens (including phenoxy) is 1. The molecule has 1 amide bonds.